The first-order valence-corrected chi connectivity index (χ1v) is 13.1. The van der Waals surface area contributed by atoms with Crippen LogP contribution in [0, 0.1) is 0 Å². The third-order valence-corrected chi connectivity index (χ3v) is 5.84. The van der Waals surface area contributed by atoms with Gasteiger partial charge in [-0.25, -0.2) is 4.79 Å². The van der Waals surface area contributed by atoms with Crippen molar-refractivity contribution in [1.82, 2.24) is 15.5 Å². The van der Waals surface area contributed by atoms with Crippen LogP contribution in [0.5, 0.6) is 0 Å². The quantitative estimate of drug-likeness (QED) is 0.423. The Bertz CT molecular complexity index is 1200. The van der Waals surface area contributed by atoms with E-state index >= 15 is 0 Å². The summed E-state index contributed by atoms with van der Waals surface area (Å²) in [5, 5.41) is 5.32. The van der Waals surface area contributed by atoms with Gasteiger partial charge in [0.1, 0.15) is 24.2 Å². The van der Waals surface area contributed by atoms with Crippen LogP contribution in [0.3, 0.4) is 0 Å². The summed E-state index contributed by atoms with van der Waals surface area (Å²) >= 11 is 0. The molecule has 9 heteroatoms. The van der Waals surface area contributed by atoms with Crippen molar-refractivity contribution in [2.24, 2.45) is 0 Å². The number of rotatable bonds is 10. The smallest absolute Gasteiger partial charge is 0.408 e. The van der Waals surface area contributed by atoms with E-state index in [9.17, 15) is 19.2 Å². The predicted octanol–water partition coefficient (Wildman–Crippen LogP) is 4.42. The molecule has 2 N–H and O–H groups in total. The van der Waals surface area contributed by atoms with Gasteiger partial charge in [-0.2, -0.15) is 0 Å². The molecule has 0 saturated carbocycles. The van der Waals surface area contributed by atoms with Crippen LogP contribution < -0.4 is 10.6 Å². The Morgan fingerprint density at radius 2 is 1.62 bits per heavy atom. The second-order valence-electron chi connectivity index (χ2n) is 11.3. The van der Waals surface area contributed by atoms with E-state index in [0.717, 1.165) is 11.1 Å². The van der Waals surface area contributed by atoms with Crippen molar-refractivity contribution in [2.75, 3.05) is 13.7 Å². The number of carbonyl (C=O) groups is 4. The largest absolute Gasteiger partial charge is 0.468 e. The average molecular weight is 552 g/mol. The minimum atomic E-state index is -1.14. The maximum absolute atomic E-state index is 14.4. The second kappa shape index (κ2) is 13.8. The molecule has 0 radical (unpaired) electrons. The summed E-state index contributed by atoms with van der Waals surface area (Å²) in [5.41, 5.74) is 0.400. The van der Waals surface area contributed by atoms with E-state index in [4.69, 9.17) is 4.74 Å². The summed E-state index contributed by atoms with van der Waals surface area (Å²) in [6.45, 7) is 14.0. The number of nitrogens with one attached hydrogen (secondary N) is 2. The highest BCUT2D eigenvalue weighted by atomic mass is 16.6. The van der Waals surface area contributed by atoms with Crippen molar-refractivity contribution in [3.8, 4) is 0 Å². The summed E-state index contributed by atoms with van der Waals surface area (Å²) < 4.78 is 10.1. The van der Waals surface area contributed by atoms with Gasteiger partial charge >= 0.3 is 12.1 Å². The highest BCUT2D eigenvalue weighted by Gasteiger charge is 2.42. The molecule has 216 valence electrons. The number of ether oxygens (including phenoxy) is 2. The molecule has 2 atom stereocenters. The number of methoxy groups -OCH3 is 1. The fraction of sp³-hybridized carbons (Fsp3) is 0.419. The van der Waals surface area contributed by atoms with Crippen LogP contribution in [0.4, 0.5) is 4.79 Å². The monoisotopic (exact) mass is 551 g/mol. The number of carbonyl (C=O) groups excluding carboxylic acids is 4. The summed E-state index contributed by atoms with van der Waals surface area (Å²) in [6, 6.07) is 14.1. The molecule has 3 amide bonds. The van der Waals surface area contributed by atoms with Crippen LogP contribution in [0.15, 0.2) is 61.2 Å². The van der Waals surface area contributed by atoms with Gasteiger partial charge in [0.2, 0.25) is 11.8 Å². The van der Waals surface area contributed by atoms with Crippen molar-refractivity contribution in [1.29, 1.82) is 0 Å². The highest BCUT2D eigenvalue weighted by Crippen LogP contribution is 2.31. The first kappa shape index (κ1) is 32.1. The fourth-order valence-corrected chi connectivity index (χ4v) is 4.11. The van der Waals surface area contributed by atoms with E-state index in [1.807, 2.05) is 36.4 Å². The summed E-state index contributed by atoms with van der Waals surface area (Å²) in [4.78, 5) is 54.3. The van der Waals surface area contributed by atoms with E-state index in [2.05, 4.69) is 21.9 Å². The van der Waals surface area contributed by atoms with E-state index in [1.165, 1.54) is 12.0 Å². The number of hydrogen-bond donors (Lipinski definition) is 2. The molecule has 0 bridgehead atoms. The zero-order chi connectivity index (χ0) is 30.1. The number of hydrogen-bond acceptors (Lipinski definition) is 6. The molecule has 0 aliphatic carbocycles. The molecule has 2 aromatic carbocycles. The standard InChI is InChI=1S/C31H41N3O6/c1-9-21-16-13-17-23(18-21)26(27(36)32-20-25(35)39-8)34(30(2,3)4)28(37)24(19-22-14-11-10-12-15-22)33-29(38)40-31(5,6)7/h9-18,24,26H,1,19-20H2,2-8H3,(H,32,36)(H,33,38). The van der Waals surface area contributed by atoms with Gasteiger partial charge in [0.25, 0.3) is 0 Å². The molecule has 2 rings (SSSR count). The zero-order valence-electron chi connectivity index (χ0n) is 24.4. The Balaban J connectivity index is 2.62. The van der Waals surface area contributed by atoms with E-state index in [1.54, 1.807) is 65.8 Å². The van der Waals surface area contributed by atoms with Gasteiger partial charge < -0.3 is 25.0 Å². The molecule has 0 aliphatic rings. The Morgan fingerprint density at radius 3 is 2.17 bits per heavy atom. The summed E-state index contributed by atoms with van der Waals surface area (Å²) in [7, 11) is 1.22. The number of amides is 3. The first-order valence-electron chi connectivity index (χ1n) is 13.1. The van der Waals surface area contributed by atoms with Crippen LogP contribution in [-0.2, 0) is 30.3 Å². The molecule has 0 saturated heterocycles. The van der Waals surface area contributed by atoms with E-state index in [-0.39, 0.29) is 13.0 Å². The third-order valence-electron chi connectivity index (χ3n) is 5.84. The lowest BCUT2D eigenvalue weighted by Gasteiger charge is -2.43. The topological polar surface area (TPSA) is 114 Å². The van der Waals surface area contributed by atoms with E-state index < -0.39 is 47.1 Å². The Morgan fingerprint density at radius 1 is 0.975 bits per heavy atom. The van der Waals surface area contributed by atoms with E-state index in [0.29, 0.717) is 5.56 Å². The first-order chi connectivity index (χ1) is 18.7. The molecule has 0 spiro atoms. The van der Waals surface area contributed by atoms with Gasteiger partial charge in [-0.1, -0.05) is 61.2 Å². The van der Waals surface area contributed by atoms with Gasteiger partial charge in [-0.15, -0.1) is 0 Å². The number of benzene rings is 2. The van der Waals surface area contributed by atoms with Crippen LogP contribution in [0.25, 0.3) is 6.08 Å². The third kappa shape index (κ3) is 9.55. The van der Waals surface area contributed by atoms with Gasteiger partial charge in [0.15, 0.2) is 0 Å². The van der Waals surface area contributed by atoms with Crippen molar-refractivity contribution in [3.05, 3.63) is 77.9 Å². The second-order valence-corrected chi connectivity index (χ2v) is 11.3. The molecule has 0 aromatic heterocycles. The summed E-state index contributed by atoms with van der Waals surface area (Å²) in [5.74, 6) is -1.70. The van der Waals surface area contributed by atoms with Crippen molar-refractivity contribution in [3.63, 3.8) is 0 Å². The van der Waals surface area contributed by atoms with Crippen molar-refractivity contribution in [2.45, 2.75) is 71.2 Å². The number of nitrogens with zero attached hydrogens (tertiary/aromatic N) is 1. The van der Waals surface area contributed by atoms with Crippen molar-refractivity contribution >= 4 is 30.0 Å². The van der Waals surface area contributed by atoms with Crippen LogP contribution in [-0.4, -0.2) is 59.6 Å². The molecular formula is C31H41N3O6. The molecule has 2 unspecified atom stereocenters. The normalized spacial score (nSPS) is 12.9. The predicted molar refractivity (Wildman–Crippen MR) is 154 cm³/mol. The Kier molecular flexibility index (Phi) is 11.0. The average Bonchev–Trinajstić information content (AvgIpc) is 2.88. The van der Waals surface area contributed by atoms with Gasteiger partial charge in [0.05, 0.1) is 7.11 Å². The Hall–Kier alpha value is -4.14. The van der Waals surface area contributed by atoms with Gasteiger partial charge in [-0.05, 0) is 64.3 Å². The lowest BCUT2D eigenvalue weighted by molar-refractivity contribution is -0.149. The minimum absolute atomic E-state index is 0.161. The van der Waals surface area contributed by atoms with Gasteiger partial charge in [-0.3, -0.25) is 14.4 Å². The number of alkyl carbamates (subject to hydrolysis) is 1. The molecular weight excluding hydrogens is 510 g/mol. The molecule has 0 heterocycles. The lowest BCUT2D eigenvalue weighted by Crippen LogP contribution is -2.59. The zero-order valence-corrected chi connectivity index (χ0v) is 24.4. The Labute approximate surface area is 236 Å². The molecule has 40 heavy (non-hydrogen) atoms. The molecule has 9 nitrogen and oxygen atoms in total. The number of esters is 1. The molecule has 0 aliphatic heterocycles. The van der Waals surface area contributed by atoms with Crippen molar-refractivity contribution < 1.29 is 28.7 Å². The highest BCUT2D eigenvalue weighted by molar-refractivity contribution is 5.94. The van der Waals surface area contributed by atoms with Crippen LogP contribution >= 0.6 is 0 Å². The SMILES string of the molecule is C=Cc1cccc(C(C(=O)NCC(=O)OC)N(C(=O)C(Cc2ccccc2)NC(=O)OC(C)(C)C)C(C)(C)C)c1. The fourth-order valence-electron chi connectivity index (χ4n) is 4.11. The maximum atomic E-state index is 14.4. The molecule has 2 aromatic rings. The summed E-state index contributed by atoms with van der Waals surface area (Å²) in [6.07, 6.45) is 1.05. The lowest BCUT2D eigenvalue weighted by atomic mass is 9.93. The van der Waals surface area contributed by atoms with Gasteiger partial charge in [0, 0.05) is 12.0 Å². The van der Waals surface area contributed by atoms with Crippen LogP contribution in [0.2, 0.25) is 0 Å². The minimum Gasteiger partial charge on any atom is -0.468 e. The van der Waals surface area contributed by atoms with Crippen LogP contribution in [0.1, 0.15) is 64.3 Å². The maximum Gasteiger partial charge on any atom is 0.408 e. The molecule has 0 fully saturated rings.